The van der Waals surface area contributed by atoms with Crippen molar-refractivity contribution < 1.29 is 4.79 Å². The van der Waals surface area contributed by atoms with Crippen LogP contribution < -0.4 is 10.9 Å². The monoisotopic (exact) mass is 549 g/mol. The molecular formula is C27H25Cl2N7O2. The smallest absolute Gasteiger partial charge is 0.254 e. The summed E-state index contributed by atoms with van der Waals surface area (Å²) in [6.45, 7) is 0.678. The number of hydrogen-bond acceptors (Lipinski definition) is 6. The van der Waals surface area contributed by atoms with E-state index in [0.29, 0.717) is 28.5 Å². The SMILES string of the molecule is O=C1NCCCCC[C@H](n2cnc(-c3cc(Cl)ccc3-n3cc(Cl)nn3)cc2=O)c2cc(ccn2)[C@@H]2C[C@@H]12. The number of hydrogen-bond donors (Lipinski definition) is 1. The van der Waals surface area contributed by atoms with E-state index in [1.165, 1.54) is 10.7 Å². The number of nitrogens with one attached hydrogen (secondary N) is 1. The first-order chi connectivity index (χ1) is 18.5. The second-order valence-corrected chi connectivity index (χ2v) is 10.6. The topological polar surface area (TPSA) is 108 Å². The van der Waals surface area contributed by atoms with Gasteiger partial charge in [-0.3, -0.25) is 19.1 Å². The molecule has 3 atom stereocenters. The molecule has 6 rings (SSSR count). The third-order valence-electron chi connectivity index (χ3n) is 7.27. The molecule has 11 heteroatoms. The number of rotatable bonds is 3. The molecule has 9 nitrogen and oxygen atoms in total. The zero-order chi connectivity index (χ0) is 26.2. The van der Waals surface area contributed by atoms with Gasteiger partial charge in [0.2, 0.25) is 5.91 Å². The van der Waals surface area contributed by atoms with Crippen molar-refractivity contribution in [2.45, 2.75) is 44.1 Å². The number of pyridine rings is 1. The molecule has 0 spiro atoms. The molecule has 2 aliphatic rings. The van der Waals surface area contributed by atoms with Crippen LogP contribution in [0.25, 0.3) is 16.9 Å². The van der Waals surface area contributed by atoms with Gasteiger partial charge in [0.05, 0.1) is 35.6 Å². The number of nitrogens with zero attached hydrogens (tertiary/aromatic N) is 6. The summed E-state index contributed by atoms with van der Waals surface area (Å²) in [7, 11) is 0. The molecule has 1 amide bonds. The van der Waals surface area contributed by atoms with Crippen LogP contribution in [0.15, 0.2) is 59.9 Å². The molecule has 1 saturated carbocycles. The predicted octanol–water partition coefficient (Wildman–Crippen LogP) is 4.58. The maximum atomic E-state index is 13.5. The number of halogens is 2. The molecular weight excluding hydrogens is 525 g/mol. The van der Waals surface area contributed by atoms with Gasteiger partial charge in [-0.15, -0.1) is 5.10 Å². The normalized spacial score (nSPS) is 21.4. The first kappa shape index (κ1) is 24.8. The molecule has 4 aromatic rings. The minimum Gasteiger partial charge on any atom is -0.356 e. The average molecular weight is 550 g/mol. The second-order valence-electron chi connectivity index (χ2n) is 9.79. The summed E-state index contributed by atoms with van der Waals surface area (Å²) >= 11 is 12.3. The van der Waals surface area contributed by atoms with Crippen molar-refractivity contribution in [2.24, 2.45) is 5.92 Å². The fraction of sp³-hybridized carbons (Fsp3) is 0.333. The first-order valence-corrected chi connectivity index (χ1v) is 13.4. The zero-order valence-corrected chi connectivity index (χ0v) is 21.9. The Hall–Kier alpha value is -3.56. The Balaban J connectivity index is 1.37. The number of carbonyl (C=O) groups is 1. The molecule has 38 heavy (non-hydrogen) atoms. The molecule has 2 bridgehead atoms. The van der Waals surface area contributed by atoms with Crippen molar-refractivity contribution in [1.82, 2.24) is 34.8 Å². The molecule has 194 valence electrons. The number of aromatic nitrogens is 6. The highest BCUT2D eigenvalue weighted by Gasteiger charge is 2.44. The maximum absolute atomic E-state index is 13.5. The number of amides is 1. The largest absolute Gasteiger partial charge is 0.356 e. The fourth-order valence-electron chi connectivity index (χ4n) is 5.21. The maximum Gasteiger partial charge on any atom is 0.254 e. The summed E-state index contributed by atoms with van der Waals surface area (Å²) in [4.78, 5) is 35.3. The van der Waals surface area contributed by atoms with Gasteiger partial charge in [-0.2, -0.15) is 0 Å². The third-order valence-corrected chi connectivity index (χ3v) is 7.68. The standard InChI is InChI=1S/C27H25Cl2N7O2/c28-17-5-6-23(36-14-25(29)33-34-36)20(11-17)21-13-26(37)35(15-32-21)24-4-2-1-3-8-31-27(38)19-12-18(19)16-7-9-30-22(24)10-16/h5-7,9-11,13-15,18-19,24H,1-4,8,12H2,(H,31,38)/t18-,19+,24-/m0/s1. The lowest BCUT2D eigenvalue weighted by atomic mass is 10.0. The summed E-state index contributed by atoms with van der Waals surface area (Å²) in [5.41, 5.74) is 3.46. The van der Waals surface area contributed by atoms with E-state index in [-0.39, 0.29) is 34.5 Å². The molecule has 0 radical (unpaired) electrons. The molecule has 3 aromatic heterocycles. The van der Waals surface area contributed by atoms with Gasteiger partial charge in [0.1, 0.15) is 0 Å². The van der Waals surface area contributed by atoms with Crippen LogP contribution in [0.3, 0.4) is 0 Å². The van der Waals surface area contributed by atoms with Crippen molar-refractivity contribution in [3.63, 3.8) is 0 Å². The molecule has 0 saturated heterocycles. The second kappa shape index (κ2) is 10.3. The van der Waals surface area contributed by atoms with Crippen molar-refractivity contribution >= 4 is 29.1 Å². The summed E-state index contributed by atoms with van der Waals surface area (Å²) in [6, 6.07) is 10.5. The molecule has 0 unspecified atom stereocenters. The van der Waals surface area contributed by atoms with Crippen LogP contribution in [-0.2, 0) is 4.79 Å². The average Bonchev–Trinajstić information content (AvgIpc) is 3.61. The third kappa shape index (κ3) is 4.96. The van der Waals surface area contributed by atoms with Gasteiger partial charge in [0, 0.05) is 35.3 Å². The highest BCUT2D eigenvalue weighted by Crippen LogP contribution is 2.48. The van der Waals surface area contributed by atoms with Crippen molar-refractivity contribution in [3.8, 4) is 16.9 Å². The van der Waals surface area contributed by atoms with E-state index in [4.69, 9.17) is 23.2 Å². The van der Waals surface area contributed by atoms with Crippen molar-refractivity contribution in [2.75, 3.05) is 6.54 Å². The predicted molar refractivity (Wildman–Crippen MR) is 144 cm³/mol. The van der Waals surface area contributed by atoms with Crippen LogP contribution in [0.2, 0.25) is 10.2 Å². The highest BCUT2D eigenvalue weighted by molar-refractivity contribution is 6.31. The van der Waals surface area contributed by atoms with E-state index < -0.39 is 0 Å². The summed E-state index contributed by atoms with van der Waals surface area (Å²) in [5, 5.41) is 11.7. The Labute approximate surface area is 228 Å². The molecule has 1 aliphatic carbocycles. The van der Waals surface area contributed by atoms with Gasteiger partial charge < -0.3 is 5.32 Å². The number of carbonyl (C=O) groups excluding carboxylic acids is 1. The van der Waals surface area contributed by atoms with Crippen LogP contribution in [0.4, 0.5) is 0 Å². The minimum absolute atomic E-state index is 0.0138. The summed E-state index contributed by atoms with van der Waals surface area (Å²) < 4.78 is 3.18. The quantitative estimate of drug-likeness (QED) is 0.400. The van der Waals surface area contributed by atoms with Crippen molar-refractivity contribution in [3.05, 3.63) is 86.9 Å². The Morgan fingerprint density at radius 1 is 0.974 bits per heavy atom. The molecule has 1 aromatic carbocycles. The Morgan fingerprint density at radius 3 is 2.68 bits per heavy atom. The summed E-state index contributed by atoms with van der Waals surface area (Å²) in [6.07, 6.45) is 9.24. The number of fused-ring (bicyclic) bond motifs is 4. The van der Waals surface area contributed by atoms with E-state index in [2.05, 4.69) is 25.6 Å². The minimum atomic E-state index is -0.265. The van der Waals surface area contributed by atoms with E-state index >= 15 is 0 Å². The van der Waals surface area contributed by atoms with Crippen molar-refractivity contribution in [1.29, 1.82) is 0 Å². The van der Waals surface area contributed by atoms with E-state index in [1.54, 1.807) is 41.5 Å². The number of benzene rings is 1. The molecule has 1 aliphatic heterocycles. The van der Waals surface area contributed by atoms with Crippen LogP contribution in [0.1, 0.15) is 55.3 Å². The molecule has 4 heterocycles. The first-order valence-electron chi connectivity index (χ1n) is 12.7. The van der Waals surface area contributed by atoms with Gasteiger partial charge in [-0.25, -0.2) is 9.67 Å². The Kier molecular flexibility index (Phi) is 6.71. The van der Waals surface area contributed by atoms with E-state index in [0.717, 1.165) is 43.4 Å². The van der Waals surface area contributed by atoms with E-state index in [9.17, 15) is 9.59 Å². The van der Waals surface area contributed by atoms with Gasteiger partial charge >= 0.3 is 0 Å². The van der Waals surface area contributed by atoms with Crippen LogP contribution in [0.5, 0.6) is 0 Å². The molecule has 1 fully saturated rings. The lowest BCUT2D eigenvalue weighted by Gasteiger charge is -2.20. The highest BCUT2D eigenvalue weighted by atomic mass is 35.5. The lowest BCUT2D eigenvalue weighted by molar-refractivity contribution is -0.122. The van der Waals surface area contributed by atoms with Gasteiger partial charge in [-0.1, -0.05) is 41.3 Å². The Bertz CT molecular complexity index is 1570. The zero-order valence-electron chi connectivity index (χ0n) is 20.4. The summed E-state index contributed by atoms with van der Waals surface area (Å²) in [5.74, 6) is 0.343. The van der Waals surface area contributed by atoms with Gasteiger partial charge in [-0.05, 0) is 61.1 Å². The van der Waals surface area contributed by atoms with E-state index in [1.807, 2.05) is 12.1 Å². The van der Waals surface area contributed by atoms with Crippen LogP contribution in [0, 0.1) is 5.92 Å². The lowest BCUT2D eigenvalue weighted by Crippen LogP contribution is -2.26. The van der Waals surface area contributed by atoms with Crippen LogP contribution in [-0.4, -0.2) is 42.0 Å². The fourth-order valence-corrected chi connectivity index (χ4v) is 5.51. The molecule has 1 N–H and O–H groups in total. The van der Waals surface area contributed by atoms with Gasteiger partial charge in [0.25, 0.3) is 5.56 Å². The van der Waals surface area contributed by atoms with Gasteiger partial charge in [0.15, 0.2) is 5.15 Å². The Morgan fingerprint density at radius 2 is 1.87 bits per heavy atom. The van der Waals surface area contributed by atoms with Crippen LogP contribution >= 0.6 is 23.2 Å².